The zero-order chi connectivity index (χ0) is 21.9. The average molecular weight is 508 g/mol. The third kappa shape index (κ3) is 5.47. The molecule has 1 heterocycles. The molecule has 1 aliphatic heterocycles. The Kier molecular flexibility index (Phi) is 6.99. The van der Waals surface area contributed by atoms with Crippen LogP contribution in [0.5, 0.6) is 0 Å². The van der Waals surface area contributed by atoms with E-state index in [9.17, 15) is 13.2 Å². The van der Waals surface area contributed by atoms with Gasteiger partial charge in [-0.05, 0) is 0 Å². The van der Waals surface area contributed by atoms with E-state index in [1.165, 1.54) is 4.46 Å². The molecule has 1 aliphatic carbocycles. The Morgan fingerprint density at radius 2 is 1.74 bits per heavy atom. The Morgan fingerprint density at radius 3 is 2.42 bits per heavy atom. The summed E-state index contributed by atoms with van der Waals surface area (Å²) in [5, 5.41) is 0.938. The van der Waals surface area contributed by atoms with Gasteiger partial charge in [0.25, 0.3) is 0 Å². The molecule has 0 bridgehead atoms. The van der Waals surface area contributed by atoms with Crippen molar-refractivity contribution in [3.05, 3.63) is 60.2 Å². The number of ketones is 1. The number of carbonyl (C=O) groups is 1. The van der Waals surface area contributed by atoms with Gasteiger partial charge in [0.1, 0.15) is 0 Å². The van der Waals surface area contributed by atoms with Crippen LogP contribution in [0, 0.1) is 12.3 Å². The first-order chi connectivity index (χ1) is 14.9. The second-order valence-corrected chi connectivity index (χ2v) is 12.4. The first kappa shape index (κ1) is 22.7. The van der Waals surface area contributed by atoms with E-state index < -0.39 is 10.1 Å². The summed E-state index contributed by atoms with van der Waals surface area (Å²) in [6, 6.07) is 17.1. The number of hydrogen-bond donors (Lipinski definition) is 0. The molecule has 1 saturated heterocycles. The van der Waals surface area contributed by atoms with Crippen molar-refractivity contribution in [2.75, 3.05) is 6.61 Å². The zero-order valence-electron chi connectivity index (χ0n) is 17.7. The van der Waals surface area contributed by atoms with E-state index in [-0.39, 0.29) is 34.9 Å². The third-order valence-corrected chi connectivity index (χ3v) is 10.0. The van der Waals surface area contributed by atoms with E-state index in [1.54, 1.807) is 24.3 Å². The van der Waals surface area contributed by atoms with Crippen LogP contribution in [0.4, 0.5) is 0 Å². The van der Waals surface area contributed by atoms with Gasteiger partial charge in [-0.1, -0.05) is 0 Å². The molecular formula is C24H28O5SSe. The zero-order valence-corrected chi connectivity index (χ0v) is 20.2. The molecule has 2 fully saturated rings. The molecule has 0 amide bonds. The summed E-state index contributed by atoms with van der Waals surface area (Å²) in [5.74, 6) is 0.287. The van der Waals surface area contributed by atoms with Gasteiger partial charge in [0.15, 0.2) is 0 Å². The predicted molar refractivity (Wildman–Crippen MR) is 120 cm³/mol. The van der Waals surface area contributed by atoms with Gasteiger partial charge in [-0.15, -0.1) is 0 Å². The molecule has 1 spiro atoms. The normalized spacial score (nSPS) is 23.3. The third-order valence-electron chi connectivity index (χ3n) is 6.34. The Bertz CT molecular complexity index is 994. The van der Waals surface area contributed by atoms with Crippen LogP contribution in [0.2, 0.25) is 5.32 Å². The summed E-state index contributed by atoms with van der Waals surface area (Å²) in [6.45, 7) is 1.91. The summed E-state index contributed by atoms with van der Waals surface area (Å²) in [7, 11) is -3.85. The molecule has 0 aromatic heterocycles. The predicted octanol–water partition coefficient (Wildman–Crippen LogP) is 3.44. The summed E-state index contributed by atoms with van der Waals surface area (Å²) in [6.07, 6.45) is 3.22. The van der Waals surface area contributed by atoms with Gasteiger partial charge in [0.2, 0.25) is 0 Å². The second kappa shape index (κ2) is 9.55. The van der Waals surface area contributed by atoms with Crippen LogP contribution in [-0.4, -0.2) is 48.0 Å². The van der Waals surface area contributed by atoms with E-state index in [0.29, 0.717) is 27.8 Å². The number of rotatable bonds is 7. The van der Waals surface area contributed by atoms with Gasteiger partial charge in [-0.3, -0.25) is 0 Å². The summed E-state index contributed by atoms with van der Waals surface area (Å²) < 4.78 is 38.5. The molecule has 5 nitrogen and oxygen atoms in total. The van der Waals surface area contributed by atoms with E-state index >= 15 is 0 Å². The van der Waals surface area contributed by atoms with Crippen molar-refractivity contribution >= 4 is 35.3 Å². The molecular weight excluding hydrogens is 479 g/mol. The molecule has 2 atom stereocenters. The van der Waals surface area contributed by atoms with Crippen LogP contribution in [0.25, 0.3) is 0 Å². The first-order valence-electron chi connectivity index (χ1n) is 10.7. The number of Topliss-reactive ketones (excluding diaryl/α,β-unsaturated/α-hetero) is 1. The number of ether oxygens (including phenoxy) is 1. The molecule has 31 heavy (non-hydrogen) atoms. The number of benzene rings is 2. The fourth-order valence-corrected chi connectivity index (χ4v) is 7.35. The Balaban J connectivity index is 1.44. The average Bonchev–Trinajstić information content (AvgIpc) is 3.11. The van der Waals surface area contributed by atoms with E-state index in [0.717, 1.165) is 30.1 Å². The standard InChI is InChI=1S/C24H28O5SSe/c1-18-7-9-21(10-8-18)30(26,27)28-16-23-24(13-11-19(25)12-14-24)15-20(29-23)17-31-22-5-3-2-4-6-22/h2-10,20,23H,11-17H2,1H3/t20?,23-/m0/s1. The maximum atomic E-state index is 12.7. The molecule has 2 aromatic carbocycles. The molecule has 4 rings (SSSR count). The monoisotopic (exact) mass is 508 g/mol. The van der Waals surface area contributed by atoms with E-state index in [4.69, 9.17) is 8.92 Å². The van der Waals surface area contributed by atoms with Crippen LogP contribution in [0.15, 0.2) is 59.5 Å². The minimum absolute atomic E-state index is 0.000757. The molecule has 7 heteroatoms. The molecule has 166 valence electrons. The van der Waals surface area contributed by atoms with E-state index in [2.05, 4.69) is 12.1 Å². The Labute approximate surface area is 190 Å². The second-order valence-electron chi connectivity index (χ2n) is 8.53. The number of carbonyl (C=O) groups excluding carboxylic acids is 1. The minimum atomic E-state index is -3.85. The number of hydrogen-bond acceptors (Lipinski definition) is 5. The van der Waals surface area contributed by atoms with Crippen molar-refractivity contribution in [2.24, 2.45) is 5.41 Å². The quantitative estimate of drug-likeness (QED) is 0.424. The molecule has 2 aliphatic rings. The molecule has 0 N–H and O–H groups in total. The summed E-state index contributed by atoms with van der Waals surface area (Å²) in [4.78, 5) is 12.0. The maximum absolute atomic E-state index is 12.7. The fraction of sp³-hybridized carbons (Fsp3) is 0.458. The van der Waals surface area contributed by atoms with Crippen LogP contribution in [-0.2, 0) is 23.8 Å². The van der Waals surface area contributed by atoms with Crippen LogP contribution in [0.1, 0.15) is 37.7 Å². The first-order valence-corrected chi connectivity index (χ1v) is 14.2. The van der Waals surface area contributed by atoms with Crippen LogP contribution < -0.4 is 4.46 Å². The van der Waals surface area contributed by atoms with Gasteiger partial charge in [-0.2, -0.15) is 0 Å². The SMILES string of the molecule is Cc1ccc(S(=O)(=O)OC[C@@H]2OC(C[Se]c3ccccc3)CC23CCC(=O)CC3)cc1. The van der Waals surface area contributed by atoms with Crippen molar-refractivity contribution in [2.45, 2.75) is 61.5 Å². The van der Waals surface area contributed by atoms with Gasteiger partial charge in [0.05, 0.1) is 0 Å². The fourth-order valence-electron chi connectivity index (χ4n) is 4.51. The van der Waals surface area contributed by atoms with Gasteiger partial charge >= 0.3 is 191 Å². The van der Waals surface area contributed by atoms with Gasteiger partial charge < -0.3 is 0 Å². The summed E-state index contributed by atoms with van der Waals surface area (Å²) >= 11 is 0.293. The Hall–Kier alpha value is -1.50. The Morgan fingerprint density at radius 1 is 1.06 bits per heavy atom. The van der Waals surface area contributed by atoms with Crippen LogP contribution >= 0.6 is 0 Å². The topological polar surface area (TPSA) is 69.7 Å². The van der Waals surface area contributed by atoms with Gasteiger partial charge in [0, 0.05) is 0 Å². The van der Waals surface area contributed by atoms with E-state index in [1.807, 2.05) is 25.1 Å². The number of aryl methyl sites for hydroxylation is 1. The summed E-state index contributed by atoms with van der Waals surface area (Å²) in [5.41, 5.74) is 0.820. The van der Waals surface area contributed by atoms with Crippen molar-refractivity contribution in [1.82, 2.24) is 0 Å². The molecule has 0 radical (unpaired) electrons. The molecule has 2 aromatic rings. The van der Waals surface area contributed by atoms with Crippen molar-refractivity contribution < 1.29 is 22.1 Å². The molecule has 1 saturated carbocycles. The van der Waals surface area contributed by atoms with Crippen molar-refractivity contribution in [3.8, 4) is 0 Å². The van der Waals surface area contributed by atoms with Crippen LogP contribution in [0.3, 0.4) is 0 Å². The van der Waals surface area contributed by atoms with Crippen molar-refractivity contribution in [3.63, 3.8) is 0 Å². The molecule has 1 unspecified atom stereocenters. The van der Waals surface area contributed by atoms with Crippen molar-refractivity contribution in [1.29, 1.82) is 0 Å². The van der Waals surface area contributed by atoms with Gasteiger partial charge in [-0.25, -0.2) is 0 Å².